The number of nitrogens with one attached hydrogen (secondary N) is 2. The van der Waals surface area contributed by atoms with E-state index in [0.717, 1.165) is 17.9 Å². The fraction of sp³-hybridized carbons (Fsp3) is 0.360. The lowest BCUT2D eigenvalue weighted by molar-refractivity contribution is 0.403. The zero-order chi connectivity index (χ0) is 21.2. The molecular weight excluding hydrogens is 406 g/mol. The Morgan fingerprint density at radius 2 is 1.77 bits per heavy atom. The number of fused-ring (bicyclic) bond motifs is 1. The molecule has 0 radical (unpaired) electrons. The summed E-state index contributed by atoms with van der Waals surface area (Å²) in [6.45, 7) is 3.60. The summed E-state index contributed by atoms with van der Waals surface area (Å²) in [5, 5.41) is 12.7. The summed E-state index contributed by atoms with van der Waals surface area (Å²) >= 11 is 6.46. The van der Waals surface area contributed by atoms with Crippen LogP contribution in [0.4, 0.5) is 5.69 Å². The number of anilines is 1. The first-order valence-electron chi connectivity index (χ1n) is 11.2. The minimum atomic E-state index is 0.453. The van der Waals surface area contributed by atoms with Crippen LogP contribution >= 0.6 is 11.6 Å². The molecule has 1 aliphatic heterocycles. The number of hydrogen-bond donors (Lipinski definition) is 2. The van der Waals surface area contributed by atoms with Crippen LogP contribution in [0.5, 0.6) is 0 Å². The van der Waals surface area contributed by atoms with Crippen molar-refractivity contribution in [2.75, 3.05) is 11.9 Å². The van der Waals surface area contributed by atoms with E-state index < -0.39 is 0 Å². The molecule has 31 heavy (non-hydrogen) atoms. The summed E-state index contributed by atoms with van der Waals surface area (Å²) in [5.74, 6) is 2.24. The van der Waals surface area contributed by atoms with Crippen LogP contribution in [0.3, 0.4) is 0 Å². The molecule has 160 valence electrons. The van der Waals surface area contributed by atoms with Crippen molar-refractivity contribution in [3.8, 4) is 11.4 Å². The molecule has 1 saturated carbocycles. The highest BCUT2D eigenvalue weighted by atomic mass is 35.5. The van der Waals surface area contributed by atoms with Gasteiger partial charge in [0.1, 0.15) is 12.5 Å². The first-order valence-corrected chi connectivity index (χ1v) is 11.5. The molecule has 2 aliphatic rings. The number of halogens is 1. The maximum atomic E-state index is 6.46. The van der Waals surface area contributed by atoms with Crippen LogP contribution in [0.2, 0.25) is 5.02 Å². The summed E-state index contributed by atoms with van der Waals surface area (Å²) in [4.78, 5) is 4.99. The molecular formula is C25H28ClN5. The van der Waals surface area contributed by atoms with E-state index in [1.165, 1.54) is 54.6 Å². The van der Waals surface area contributed by atoms with Crippen LogP contribution in [0, 0.1) is 0 Å². The predicted octanol–water partition coefficient (Wildman–Crippen LogP) is 6.05. The average molecular weight is 434 g/mol. The summed E-state index contributed by atoms with van der Waals surface area (Å²) in [7, 11) is 0. The smallest absolute Gasteiger partial charge is 0.182 e. The van der Waals surface area contributed by atoms with E-state index in [1.54, 1.807) is 0 Å². The van der Waals surface area contributed by atoms with Crippen molar-refractivity contribution in [2.45, 2.75) is 51.6 Å². The first-order chi connectivity index (χ1) is 15.2. The van der Waals surface area contributed by atoms with Crippen molar-refractivity contribution in [3.05, 3.63) is 70.5 Å². The van der Waals surface area contributed by atoms with Crippen LogP contribution in [-0.2, 0) is 6.67 Å². The number of para-hydroxylation sites is 1. The molecule has 1 aliphatic carbocycles. The van der Waals surface area contributed by atoms with Gasteiger partial charge in [0.05, 0.1) is 5.02 Å². The van der Waals surface area contributed by atoms with Crippen molar-refractivity contribution in [3.63, 3.8) is 0 Å². The molecule has 0 unspecified atom stereocenters. The zero-order valence-electron chi connectivity index (χ0n) is 17.9. The van der Waals surface area contributed by atoms with Gasteiger partial charge < -0.3 is 10.6 Å². The topological polar surface area (TPSA) is 54.8 Å². The molecule has 0 amide bonds. The largest absolute Gasteiger partial charge is 0.381 e. The predicted molar refractivity (Wildman–Crippen MR) is 127 cm³/mol. The second-order valence-corrected chi connectivity index (χ2v) is 8.90. The molecule has 5 nitrogen and oxygen atoms in total. The molecule has 1 fully saturated rings. The van der Waals surface area contributed by atoms with Gasteiger partial charge in [-0.1, -0.05) is 61.2 Å². The van der Waals surface area contributed by atoms with Gasteiger partial charge >= 0.3 is 0 Å². The summed E-state index contributed by atoms with van der Waals surface area (Å²) in [5.41, 5.74) is 5.74. The maximum Gasteiger partial charge on any atom is 0.182 e. The Kier molecular flexibility index (Phi) is 5.68. The summed E-state index contributed by atoms with van der Waals surface area (Å²) < 4.78 is 2.06. The van der Waals surface area contributed by atoms with Gasteiger partial charge in [-0.25, -0.2) is 9.67 Å². The van der Waals surface area contributed by atoms with Gasteiger partial charge in [0.2, 0.25) is 0 Å². The molecule has 2 heterocycles. The van der Waals surface area contributed by atoms with E-state index in [9.17, 15) is 0 Å². The van der Waals surface area contributed by atoms with Crippen molar-refractivity contribution < 1.29 is 0 Å². The highest BCUT2D eigenvalue weighted by Gasteiger charge is 2.24. The minimum absolute atomic E-state index is 0.453. The highest BCUT2D eigenvalue weighted by molar-refractivity contribution is 6.33. The number of nitrogens with zero attached hydrogens (tertiary/aromatic N) is 3. The third-order valence-electron chi connectivity index (χ3n) is 6.36. The molecule has 6 heteroatoms. The van der Waals surface area contributed by atoms with Crippen LogP contribution in [0.1, 0.15) is 56.3 Å². The lowest BCUT2D eigenvalue weighted by atomic mass is 9.89. The fourth-order valence-corrected chi connectivity index (χ4v) is 4.91. The molecule has 0 saturated heterocycles. The Balaban J connectivity index is 1.47. The summed E-state index contributed by atoms with van der Waals surface area (Å²) in [6.07, 6.45) is 6.19. The monoisotopic (exact) mass is 433 g/mol. The number of aromatic nitrogens is 3. The fourth-order valence-electron chi connectivity index (χ4n) is 4.69. The van der Waals surface area contributed by atoms with E-state index in [0.29, 0.717) is 23.4 Å². The summed E-state index contributed by atoms with van der Waals surface area (Å²) in [6, 6.07) is 16.3. The van der Waals surface area contributed by atoms with Gasteiger partial charge in [0.15, 0.2) is 5.82 Å². The second kappa shape index (κ2) is 8.75. The van der Waals surface area contributed by atoms with Crippen LogP contribution < -0.4 is 10.6 Å². The SMILES string of the molecule is CC1=C(NCn2nc(-c3ccccc3Cl)nc2C2CCCCC2)c2ccccc2NC1. The lowest BCUT2D eigenvalue weighted by Crippen LogP contribution is -2.26. The normalized spacial score (nSPS) is 16.7. The lowest BCUT2D eigenvalue weighted by Gasteiger charge is -2.25. The van der Waals surface area contributed by atoms with Crippen LogP contribution in [0.25, 0.3) is 17.1 Å². The van der Waals surface area contributed by atoms with Crippen LogP contribution in [0.15, 0.2) is 54.1 Å². The third kappa shape index (κ3) is 4.07. The molecule has 1 aromatic heterocycles. The van der Waals surface area contributed by atoms with Gasteiger partial charge in [-0.2, -0.15) is 0 Å². The average Bonchev–Trinajstić information content (AvgIpc) is 3.23. The van der Waals surface area contributed by atoms with Gasteiger partial charge in [-0.05, 0) is 43.5 Å². The van der Waals surface area contributed by atoms with Crippen molar-refractivity contribution >= 4 is 23.0 Å². The van der Waals surface area contributed by atoms with Crippen LogP contribution in [-0.4, -0.2) is 21.3 Å². The quantitative estimate of drug-likeness (QED) is 0.514. The van der Waals surface area contributed by atoms with Crippen molar-refractivity contribution in [1.82, 2.24) is 20.1 Å². The molecule has 0 atom stereocenters. The number of rotatable bonds is 5. The van der Waals surface area contributed by atoms with E-state index in [2.05, 4.69) is 46.5 Å². The highest BCUT2D eigenvalue weighted by Crippen LogP contribution is 2.34. The van der Waals surface area contributed by atoms with Gasteiger partial charge in [0, 0.05) is 35.0 Å². The Labute approximate surface area is 188 Å². The van der Waals surface area contributed by atoms with E-state index in [4.69, 9.17) is 21.7 Å². The standard InChI is InChI=1S/C25H28ClN5/c1-17-15-27-22-14-8-6-12-20(22)23(17)28-16-31-25(18-9-3-2-4-10-18)29-24(30-31)19-11-5-7-13-21(19)26/h5-8,11-14,18,27-28H,2-4,9-10,15-16H2,1H3. The van der Waals surface area contributed by atoms with Gasteiger partial charge in [-0.3, -0.25) is 0 Å². The number of benzene rings is 2. The van der Waals surface area contributed by atoms with E-state index in [-0.39, 0.29) is 0 Å². The molecule has 0 bridgehead atoms. The molecule has 5 rings (SSSR count). The molecule has 2 aromatic carbocycles. The number of hydrogen-bond acceptors (Lipinski definition) is 4. The molecule has 3 aromatic rings. The van der Waals surface area contributed by atoms with E-state index >= 15 is 0 Å². The Hall–Kier alpha value is -2.79. The molecule has 2 N–H and O–H groups in total. The second-order valence-electron chi connectivity index (χ2n) is 8.50. The third-order valence-corrected chi connectivity index (χ3v) is 6.69. The van der Waals surface area contributed by atoms with Gasteiger partial charge in [0.25, 0.3) is 0 Å². The minimum Gasteiger partial charge on any atom is -0.381 e. The Morgan fingerprint density at radius 3 is 2.58 bits per heavy atom. The van der Waals surface area contributed by atoms with Gasteiger partial charge in [-0.15, -0.1) is 5.10 Å². The first kappa shape index (κ1) is 20.1. The van der Waals surface area contributed by atoms with E-state index in [1.807, 2.05) is 24.3 Å². The Bertz CT molecular complexity index is 1110. The zero-order valence-corrected chi connectivity index (χ0v) is 18.6. The van der Waals surface area contributed by atoms with Crippen molar-refractivity contribution in [1.29, 1.82) is 0 Å². The molecule has 0 spiro atoms. The van der Waals surface area contributed by atoms with Crippen molar-refractivity contribution in [2.24, 2.45) is 0 Å². The maximum absolute atomic E-state index is 6.46. The Morgan fingerprint density at radius 1 is 1.03 bits per heavy atom.